The van der Waals surface area contributed by atoms with Crippen LogP contribution in [-0.2, 0) is 0 Å². The minimum atomic E-state index is 0.612. The molecule has 1 nitrogen and oxygen atoms in total. The van der Waals surface area contributed by atoms with Crippen molar-refractivity contribution in [2.45, 2.75) is 32.6 Å². The summed E-state index contributed by atoms with van der Waals surface area (Å²) in [6, 6.07) is 8.64. The fraction of sp³-hybridized carbons (Fsp3) is 0.625. The molecule has 0 saturated heterocycles. The van der Waals surface area contributed by atoms with Crippen LogP contribution in [0.5, 0.6) is 0 Å². The highest BCUT2D eigenvalue weighted by atomic mass is 79.9. The van der Waals surface area contributed by atoms with E-state index in [1.807, 2.05) is 11.8 Å². The van der Waals surface area contributed by atoms with Crippen LogP contribution in [0.2, 0.25) is 0 Å². The Morgan fingerprint density at radius 1 is 1.21 bits per heavy atom. The predicted octanol–water partition coefficient (Wildman–Crippen LogP) is 4.92. The van der Waals surface area contributed by atoms with Gasteiger partial charge in [0.2, 0.25) is 0 Å². The van der Waals surface area contributed by atoms with Crippen LogP contribution in [0.3, 0.4) is 0 Å². The van der Waals surface area contributed by atoms with Gasteiger partial charge in [-0.15, -0.1) is 0 Å². The second-order valence-corrected chi connectivity index (χ2v) is 7.25. The van der Waals surface area contributed by atoms with E-state index in [1.54, 1.807) is 0 Å². The number of nitrogens with one attached hydrogen (secondary N) is 1. The number of halogens is 1. The van der Waals surface area contributed by atoms with Crippen molar-refractivity contribution in [1.29, 1.82) is 0 Å². The predicted molar refractivity (Wildman–Crippen MR) is 92.2 cm³/mol. The van der Waals surface area contributed by atoms with Crippen LogP contribution < -0.4 is 5.32 Å². The number of benzene rings is 1. The molecule has 0 aliphatic rings. The summed E-state index contributed by atoms with van der Waals surface area (Å²) in [4.78, 5) is 0. The molecule has 1 aromatic rings. The molecule has 3 heteroatoms. The number of thioether (sulfide) groups is 1. The van der Waals surface area contributed by atoms with Gasteiger partial charge in [-0.3, -0.25) is 0 Å². The lowest BCUT2D eigenvalue weighted by Crippen LogP contribution is -2.25. The van der Waals surface area contributed by atoms with Crippen molar-refractivity contribution >= 4 is 27.7 Å². The first-order chi connectivity index (χ1) is 9.15. The molecular weight excluding hydrogens is 318 g/mol. The number of hydrogen-bond donors (Lipinski definition) is 1. The van der Waals surface area contributed by atoms with Gasteiger partial charge in [0.05, 0.1) is 0 Å². The Kier molecular flexibility index (Phi) is 8.84. The molecule has 1 rings (SSSR count). The van der Waals surface area contributed by atoms with Crippen LogP contribution >= 0.6 is 27.7 Å². The van der Waals surface area contributed by atoms with Crippen molar-refractivity contribution in [1.82, 2.24) is 5.32 Å². The molecule has 1 N–H and O–H groups in total. The zero-order valence-electron chi connectivity index (χ0n) is 12.3. The number of rotatable bonds is 9. The van der Waals surface area contributed by atoms with Gasteiger partial charge in [-0.1, -0.05) is 48.0 Å². The van der Waals surface area contributed by atoms with Crippen LogP contribution in [0.25, 0.3) is 0 Å². The first-order valence-electron chi connectivity index (χ1n) is 7.09. The molecule has 0 aliphatic carbocycles. The van der Waals surface area contributed by atoms with Gasteiger partial charge < -0.3 is 5.32 Å². The third-order valence-corrected chi connectivity index (χ3v) is 4.61. The van der Waals surface area contributed by atoms with Crippen LogP contribution in [0.1, 0.15) is 38.2 Å². The fourth-order valence-corrected chi connectivity index (χ4v) is 3.26. The molecule has 108 valence electrons. The molecule has 0 saturated carbocycles. The molecule has 0 aliphatic heterocycles. The Balaban J connectivity index is 2.60. The quantitative estimate of drug-likeness (QED) is 0.638. The second-order valence-electron chi connectivity index (χ2n) is 5.41. The highest BCUT2D eigenvalue weighted by molar-refractivity contribution is 9.10. The normalized spacial score (nSPS) is 12.9. The summed E-state index contributed by atoms with van der Waals surface area (Å²) in [5.74, 6) is 2.58. The largest absolute Gasteiger partial charge is 0.316 e. The Morgan fingerprint density at radius 3 is 2.58 bits per heavy atom. The summed E-state index contributed by atoms with van der Waals surface area (Å²) in [6.45, 7) is 6.70. The molecule has 0 bridgehead atoms. The molecule has 1 unspecified atom stereocenters. The topological polar surface area (TPSA) is 12.0 Å². The van der Waals surface area contributed by atoms with E-state index >= 15 is 0 Å². The van der Waals surface area contributed by atoms with E-state index in [2.05, 4.69) is 65.6 Å². The van der Waals surface area contributed by atoms with E-state index in [0.29, 0.717) is 11.8 Å². The van der Waals surface area contributed by atoms with E-state index in [1.165, 1.54) is 28.6 Å². The summed E-state index contributed by atoms with van der Waals surface area (Å²) < 4.78 is 1.25. The van der Waals surface area contributed by atoms with Crippen molar-refractivity contribution in [3.05, 3.63) is 34.3 Å². The van der Waals surface area contributed by atoms with Gasteiger partial charge in [0.25, 0.3) is 0 Å². The van der Waals surface area contributed by atoms with Crippen molar-refractivity contribution in [2.75, 3.05) is 25.1 Å². The van der Waals surface area contributed by atoms with Crippen LogP contribution in [0, 0.1) is 5.92 Å². The van der Waals surface area contributed by atoms with Crippen LogP contribution in [0.4, 0.5) is 0 Å². The third kappa shape index (κ3) is 6.82. The standard InChI is InChI=1S/C16H26BrNS/c1-13(2)11-18-12-14(7-6-10-19-3)15-8-4-5-9-16(15)17/h4-5,8-9,13-14,18H,6-7,10-12H2,1-3H3. The summed E-state index contributed by atoms with van der Waals surface area (Å²) >= 11 is 5.63. The third-order valence-electron chi connectivity index (χ3n) is 3.19. The summed E-state index contributed by atoms with van der Waals surface area (Å²) in [5, 5.41) is 3.61. The molecule has 1 atom stereocenters. The molecule has 1 aromatic carbocycles. The molecule has 0 spiro atoms. The average molecular weight is 344 g/mol. The highest BCUT2D eigenvalue weighted by Gasteiger charge is 2.13. The van der Waals surface area contributed by atoms with Crippen LogP contribution in [0.15, 0.2) is 28.7 Å². The fourth-order valence-electron chi connectivity index (χ4n) is 2.19. The van der Waals surface area contributed by atoms with E-state index in [4.69, 9.17) is 0 Å². The van der Waals surface area contributed by atoms with Gasteiger partial charge in [-0.2, -0.15) is 11.8 Å². The Morgan fingerprint density at radius 2 is 1.95 bits per heavy atom. The maximum absolute atomic E-state index is 3.69. The van der Waals surface area contributed by atoms with Crippen LogP contribution in [-0.4, -0.2) is 25.1 Å². The minimum Gasteiger partial charge on any atom is -0.316 e. The molecule has 0 fully saturated rings. The van der Waals surface area contributed by atoms with Crippen molar-refractivity contribution in [3.63, 3.8) is 0 Å². The summed E-state index contributed by atoms with van der Waals surface area (Å²) in [7, 11) is 0. The van der Waals surface area contributed by atoms with Gasteiger partial charge in [-0.05, 0) is 54.9 Å². The van der Waals surface area contributed by atoms with Crippen molar-refractivity contribution in [2.24, 2.45) is 5.92 Å². The maximum Gasteiger partial charge on any atom is 0.0210 e. The zero-order chi connectivity index (χ0) is 14.1. The molecular formula is C16H26BrNS. The smallest absolute Gasteiger partial charge is 0.0210 e. The Labute approximate surface area is 131 Å². The average Bonchev–Trinajstić information content (AvgIpc) is 2.37. The summed E-state index contributed by atoms with van der Waals surface area (Å²) in [5.41, 5.74) is 1.44. The van der Waals surface area contributed by atoms with Crippen molar-refractivity contribution < 1.29 is 0 Å². The summed E-state index contributed by atoms with van der Waals surface area (Å²) in [6.07, 6.45) is 4.73. The lowest BCUT2D eigenvalue weighted by Gasteiger charge is -2.20. The van der Waals surface area contributed by atoms with Gasteiger partial charge in [0, 0.05) is 11.0 Å². The first-order valence-corrected chi connectivity index (χ1v) is 9.28. The van der Waals surface area contributed by atoms with E-state index in [-0.39, 0.29) is 0 Å². The number of hydrogen-bond acceptors (Lipinski definition) is 2. The monoisotopic (exact) mass is 343 g/mol. The minimum absolute atomic E-state index is 0.612. The molecule has 0 amide bonds. The Hall–Kier alpha value is 0.01000. The molecule has 0 aromatic heterocycles. The maximum atomic E-state index is 3.69. The SMILES string of the molecule is CSCCCC(CNCC(C)C)c1ccccc1Br. The molecule has 19 heavy (non-hydrogen) atoms. The lowest BCUT2D eigenvalue weighted by molar-refractivity contribution is 0.498. The van der Waals surface area contributed by atoms with E-state index < -0.39 is 0 Å². The van der Waals surface area contributed by atoms with Crippen molar-refractivity contribution in [3.8, 4) is 0 Å². The zero-order valence-corrected chi connectivity index (χ0v) is 14.7. The van der Waals surface area contributed by atoms with Gasteiger partial charge in [0.15, 0.2) is 0 Å². The lowest BCUT2D eigenvalue weighted by atomic mass is 9.94. The van der Waals surface area contributed by atoms with Gasteiger partial charge in [-0.25, -0.2) is 0 Å². The highest BCUT2D eigenvalue weighted by Crippen LogP contribution is 2.28. The first kappa shape index (κ1) is 17.1. The van der Waals surface area contributed by atoms with E-state index in [9.17, 15) is 0 Å². The molecule has 0 radical (unpaired) electrons. The Bertz CT molecular complexity index is 354. The van der Waals surface area contributed by atoms with Gasteiger partial charge in [0.1, 0.15) is 0 Å². The second kappa shape index (κ2) is 9.84. The molecule has 0 heterocycles. The van der Waals surface area contributed by atoms with E-state index in [0.717, 1.165) is 13.1 Å². The van der Waals surface area contributed by atoms with Gasteiger partial charge >= 0.3 is 0 Å².